The van der Waals surface area contributed by atoms with Crippen LogP contribution in [0.5, 0.6) is 0 Å². The summed E-state index contributed by atoms with van der Waals surface area (Å²) in [5.74, 6) is -0.378. The molecule has 0 aliphatic rings. The van der Waals surface area contributed by atoms with Crippen molar-refractivity contribution < 1.29 is 14.4 Å². The highest BCUT2D eigenvalue weighted by Crippen LogP contribution is 2.22. The minimum absolute atomic E-state index is 0.263. The molecule has 0 radical (unpaired) electrons. The summed E-state index contributed by atoms with van der Waals surface area (Å²) in [5, 5.41) is 12.1. The molecular weight excluding hydrogens is 346 g/mol. The molecule has 0 aromatic heterocycles. The van der Waals surface area contributed by atoms with E-state index in [1.165, 1.54) is 6.20 Å². The molecular formula is C25H23NO2. The average Bonchev–Trinajstić information content (AvgIpc) is 2.75. The Morgan fingerprint density at radius 1 is 0.821 bits per heavy atom. The third-order valence-electron chi connectivity index (χ3n) is 4.18. The lowest BCUT2D eigenvalue weighted by atomic mass is 9.98. The van der Waals surface area contributed by atoms with Crippen molar-refractivity contribution in [3.63, 3.8) is 0 Å². The molecule has 3 rings (SSSR count). The fourth-order valence-electron chi connectivity index (χ4n) is 2.76. The van der Waals surface area contributed by atoms with Crippen LogP contribution in [-0.2, 0) is 11.3 Å². The Morgan fingerprint density at radius 2 is 1.32 bits per heavy atom. The third-order valence-corrected chi connectivity index (χ3v) is 4.18. The van der Waals surface area contributed by atoms with Crippen molar-refractivity contribution in [3.8, 4) is 0 Å². The average molecular weight is 369 g/mol. The van der Waals surface area contributed by atoms with Gasteiger partial charge in [0.15, 0.2) is 12.4 Å². The van der Waals surface area contributed by atoms with Gasteiger partial charge in [0.25, 0.3) is 0 Å². The number of nitrogens with zero attached hydrogens (tertiary/aromatic N) is 1. The standard InChI is InChI=1S/C25H23NO2/c1-26(19-25(27)28-20-21-11-5-2-6-12-21)18-17-24(22-13-7-3-8-14-22)23-15-9-4-10-16-23/h2-19H,20H2,1H3/b25-19+,26-18?. The van der Waals surface area contributed by atoms with Gasteiger partial charge in [-0.15, -0.1) is 0 Å². The monoisotopic (exact) mass is 369 g/mol. The molecule has 3 aromatic carbocycles. The summed E-state index contributed by atoms with van der Waals surface area (Å²) in [6.07, 6.45) is 5.30. The summed E-state index contributed by atoms with van der Waals surface area (Å²) < 4.78 is 7.01. The van der Waals surface area contributed by atoms with E-state index in [-0.39, 0.29) is 12.6 Å². The van der Waals surface area contributed by atoms with Crippen molar-refractivity contribution in [2.75, 3.05) is 7.05 Å². The molecule has 0 unspecified atom stereocenters. The minimum atomic E-state index is -0.378. The lowest BCUT2D eigenvalue weighted by Gasteiger charge is -2.13. The molecule has 28 heavy (non-hydrogen) atoms. The number of allylic oxidation sites excluding steroid dienone is 1. The van der Waals surface area contributed by atoms with Gasteiger partial charge in [-0.3, -0.25) is 0 Å². The molecule has 3 aromatic rings. The first-order valence-corrected chi connectivity index (χ1v) is 9.16. The number of hydrogen-bond acceptors (Lipinski definition) is 2. The van der Waals surface area contributed by atoms with Crippen LogP contribution >= 0.6 is 0 Å². The van der Waals surface area contributed by atoms with Crippen LogP contribution in [0, 0.1) is 0 Å². The van der Waals surface area contributed by atoms with Gasteiger partial charge in [0.2, 0.25) is 0 Å². The van der Waals surface area contributed by atoms with Crippen molar-refractivity contribution in [3.05, 3.63) is 126 Å². The fraction of sp³-hybridized carbons (Fsp3) is 0.0800. The number of rotatable bonds is 7. The first kappa shape index (κ1) is 19.2. The molecule has 140 valence electrons. The normalized spacial score (nSPS) is 11.8. The van der Waals surface area contributed by atoms with E-state index in [0.29, 0.717) is 0 Å². The quantitative estimate of drug-likeness (QED) is 0.355. The Morgan fingerprint density at radius 3 is 1.86 bits per heavy atom. The van der Waals surface area contributed by atoms with E-state index < -0.39 is 0 Å². The highest BCUT2D eigenvalue weighted by molar-refractivity contribution is 5.90. The van der Waals surface area contributed by atoms with Crippen LogP contribution in [0.1, 0.15) is 16.7 Å². The summed E-state index contributed by atoms with van der Waals surface area (Å²) in [5.41, 5.74) is 4.28. The summed E-state index contributed by atoms with van der Waals surface area (Å²) in [6.45, 7) is 0.263. The van der Waals surface area contributed by atoms with E-state index in [2.05, 4.69) is 24.3 Å². The van der Waals surface area contributed by atoms with Gasteiger partial charge in [0.1, 0.15) is 13.0 Å². The maximum Gasteiger partial charge on any atom is 0.190 e. The van der Waals surface area contributed by atoms with E-state index in [4.69, 9.17) is 4.74 Å². The van der Waals surface area contributed by atoms with Gasteiger partial charge in [-0.2, -0.15) is 0 Å². The van der Waals surface area contributed by atoms with Gasteiger partial charge in [-0.25, -0.2) is 4.58 Å². The number of ether oxygens (including phenoxy) is 1. The molecule has 3 heteroatoms. The molecule has 0 atom stereocenters. The van der Waals surface area contributed by atoms with Crippen molar-refractivity contribution in [1.82, 2.24) is 0 Å². The van der Waals surface area contributed by atoms with Crippen LogP contribution in [-0.4, -0.2) is 17.8 Å². The Kier molecular flexibility index (Phi) is 6.80. The van der Waals surface area contributed by atoms with Crippen LogP contribution in [0.2, 0.25) is 0 Å². The summed E-state index contributed by atoms with van der Waals surface area (Å²) >= 11 is 0. The molecule has 0 fully saturated rings. The van der Waals surface area contributed by atoms with Crippen LogP contribution in [0.15, 0.2) is 109 Å². The summed E-state index contributed by atoms with van der Waals surface area (Å²) in [4.78, 5) is 0. The molecule has 0 saturated heterocycles. The van der Waals surface area contributed by atoms with Crippen molar-refractivity contribution in [2.45, 2.75) is 6.61 Å². The SMILES string of the molecule is C[N+](=CC=C(c1ccccc1)c1ccccc1)/C=C(\[O-])OCc1ccccc1. The molecule has 0 heterocycles. The molecule has 0 aliphatic carbocycles. The molecule has 0 amide bonds. The van der Waals surface area contributed by atoms with Crippen LogP contribution in [0.3, 0.4) is 0 Å². The fourth-order valence-corrected chi connectivity index (χ4v) is 2.76. The predicted octanol–water partition coefficient (Wildman–Crippen LogP) is 4.21. The lowest BCUT2D eigenvalue weighted by Crippen LogP contribution is -2.12. The molecule has 0 saturated carbocycles. The summed E-state index contributed by atoms with van der Waals surface area (Å²) in [6, 6.07) is 30.0. The Hall–Kier alpha value is -3.59. The van der Waals surface area contributed by atoms with Crippen LogP contribution in [0.25, 0.3) is 5.57 Å². The highest BCUT2D eigenvalue weighted by atomic mass is 16.6. The minimum Gasteiger partial charge on any atom is -0.605 e. The zero-order valence-electron chi connectivity index (χ0n) is 15.9. The zero-order chi connectivity index (χ0) is 19.6. The molecule has 0 aliphatic heterocycles. The molecule has 0 N–H and O–H groups in total. The maximum atomic E-state index is 12.1. The zero-order valence-corrected chi connectivity index (χ0v) is 15.9. The Balaban J connectivity index is 1.77. The molecule has 0 bridgehead atoms. The van der Waals surface area contributed by atoms with E-state index in [1.54, 1.807) is 4.58 Å². The number of benzene rings is 3. The highest BCUT2D eigenvalue weighted by Gasteiger charge is 2.04. The van der Waals surface area contributed by atoms with E-state index in [1.807, 2.05) is 86.1 Å². The second-order valence-electron chi connectivity index (χ2n) is 6.35. The van der Waals surface area contributed by atoms with Gasteiger partial charge in [0, 0.05) is 12.7 Å². The van der Waals surface area contributed by atoms with Crippen molar-refractivity contribution >= 4 is 11.8 Å². The molecule has 0 spiro atoms. The second-order valence-corrected chi connectivity index (χ2v) is 6.35. The Bertz CT molecular complexity index is 918. The number of hydrogen-bond donors (Lipinski definition) is 0. The van der Waals surface area contributed by atoms with E-state index >= 15 is 0 Å². The Labute approximate surface area is 166 Å². The first-order valence-electron chi connectivity index (χ1n) is 9.16. The van der Waals surface area contributed by atoms with Gasteiger partial charge in [-0.1, -0.05) is 91.0 Å². The third kappa shape index (κ3) is 5.71. The lowest BCUT2D eigenvalue weighted by molar-refractivity contribution is -0.445. The van der Waals surface area contributed by atoms with Crippen molar-refractivity contribution in [1.29, 1.82) is 0 Å². The van der Waals surface area contributed by atoms with Gasteiger partial charge in [0.05, 0.1) is 0 Å². The van der Waals surface area contributed by atoms with Crippen molar-refractivity contribution in [2.24, 2.45) is 0 Å². The van der Waals surface area contributed by atoms with Crippen LogP contribution in [0.4, 0.5) is 0 Å². The largest absolute Gasteiger partial charge is 0.605 e. The van der Waals surface area contributed by atoms with Gasteiger partial charge in [-0.05, 0) is 22.3 Å². The topological polar surface area (TPSA) is 35.3 Å². The van der Waals surface area contributed by atoms with E-state index in [9.17, 15) is 5.11 Å². The second kappa shape index (κ2) is 9.93. The maximum absolute atomic E-state index is 12.1. The van der Waals surface area contributed by atoms with E-state index in [0.717, 1.165) is 22.3 Å². The smallest absolute Gasteiger partial charge is 0.190 e. The predicted molar refractivity (Wildman–Crippen MR) is 112 cm³/mol. The molecule has 3 nitrogen and oxygen atoms in total. The first-order chi connectivity index (χ1) is 13.7. The van der Waals surface area contributed by atoms with Crippen LogP contribution < -0.4 is 5.11 Å². The van der Waals surface area contributed by atoms with Gasteiger partial charge < -0.3 is 9.84 Å². The summed E-state index contributed by atoms with van der Waals surface area (Å²) in [7, 11) is 1.81. The van der Waals surface area contributed by atoms with Gasteiger partial charge >= 0.3 is 0 Å².